The van der Waals surface area contributed by atoms with E-state index in [-0.39, 0.29) is 30.7 Å². The largest absolute Gasteiger partial charge is 0.493 e. The van der Waals surface area contributed by atoms with E-state index in [1.54, 1.807) is 11.9 Å². The number of likely N-dealkylation sites (tertiary alicyclic amines) is 1. The van der Waals surface area contributed by atoms with Crippen LogP contribution in [0.15, 0.2) is 18.2 Å². The first-order chi connectivity index (χ1) is 12.1. The molecule has 0 radical (unpaired) electrons. The Hall–Kier alpha value is -2.57. The summed E-state index contributed by atoms with van der Waals surface area (Å²) < 4.78 is 5.45. The van der Waals surface area contributed by atoms with Gasteiger partial charge in [-0.3, -0.25) is 14.4 Å². The molecule has 2 N–H and O–H groups in total. The number of carbonyl (C=O) groups is 3. The number of benzene rings is 1. The van der Waals surface area contributed by atoms with Gasteiger partial charge in [0.25, 0.3) is 0 Å². The molecule has 1 atom stereocenters. The Kier molecular flexibility index (Phi) is 5.21. The lowest BCUT2D eigenvalue weighted by Crippen LogP contribution is -2.48. The fourth-order valence-electron chi connectivity index (χ4n) is 3.38. The molecule has 25 heavy (non-hydrogen) atoms. The van der Waals surface area contributed by atoms with Crippen molar-refractivity contribution in [1.29, 1.82) is 0 Å². The molecule has 0 spiro atoms. The molecule has 7 nitrogen and oxygen atoms in total. The van der Waals surface area contributed by atoms with Crippen LogP contribution < -0.4 is 15.4 Å². The van der Waals surface area contributed by atoms with E-state index in [0.717, 1.165) is 29.7 Å². The summed E-state index contributed by atoms with van der Waals surface area (Å²) in [5.74, 6) is 0.302. The van der Waals surface area contributed by atoms with Gasteiger partial charge in [-0.15, -0.1) is 0 Å². The van der Waals surface area contributed by atoms with E-state index in [2.05, 4.69) is 10.6 Å². The fourth-order valence-corrected chi connectivity index (χ4v) is 3.38. The number of nitrogens with zero attached hydrogens (tertiary/aromatic N) is 1. The molecule has 0 aromatic heterocycles. The first-order valence-corrected chi connectivity index (χ1v) is 8.61. The molecule has 3 rings (SSSR count). The molecular weight excluding hydrogens is 322 g/mol. The van der Waals surface area contributed by atoms with Crippen LogP contribution in [-0.4, -0.2) is 55.4 Å². The lowest BCUT2D eigenvalue weighted by atomic mass is 10.1. The van der Waals surface area contributed by atoms with Crippen LogP contribution in [0, 0.1) is 0 Å². The SMILES string of the molecule is CNC(=O)C1CCCN1C(=O)CNC(=O)Cc1ccc2c(c1)CCO2. The van der Waals surface area contributed by atoms with Crippen LogP contribution in [0.4, 0.5) is 0 Å². The molecule has 1 saturated heterocycles. The minimum Gasteiger partial charge on any atom is -0.493 e. The first-order valence-electron chi connectivity index (χ1n) is 8.61. The number of hydrogen-bond acceptors (Lipinski definition) is 4. The number of fused-ring (bicyclic) bond motifs is 1. The molecular formula is C18H23N3O4. The highest BCUT2D eigenvalue weighted by Crippen LogP contribution is 2.26. The Morgan fingerprint density at radius 3 is 2.96 bits per heavy atom. The van der Waals surface area contributed by atoms with Gasteiger partial charge in [0.15, 0.2) is 0 Å². The van der Waals surface area contributed by atoms with Crippen molar-refractivity contribution in [3.05, 3.63) is 29.3 Å². The Bertz CT molecular complexity index is 689. The van der Waals surface area contributed by atoms with Crippen molar-refractivity contribution >= 4 is 17.7 Å². The summed E-state index contributed by atoms with van der Waals surface area (Å²) in [4.78, 5) is 37.8. The van der Waals surface area contributed by atoms with Gasteiger partial charge in [0, 0.05) is 20.0 Å². The molecule has 134 valence electrons. The van der Waals surface area contributed by atoms with Crippen molar-refractivity contribution in [2.45, 2.75) is 31.7 Å². The van der Waals surface area contributed by atoms with E-state index < -0.39 is 6.04 Å². The van der Waals surface area contributed by atoms with Gasteiger partial charge in [0.05, 0.1) is 19.6 Å². The smallest absolute Gasteiger partial charge is 0.242 e. The van der Waals surface area contributed by atoms with Crippen molar-refractivity contribution in [3.63, 3.8) is 0 Å². The zero-order chi connectivity index (χ0) is 17.8. The van der Waals surface area contributed by atoms with Crippen LogP contribution >= 0.6 is 0 Å². The van der Waals surface area contributed by atoms with Crippen LogP contribution in [0.5, 0.6) is 5.75 Å². The Morgan fingerprint density at radius 2 is 2.16 bits per heavy atom. The average molecular weight is 345 g/mol. The Balaban J connectivity index is 1.50. The second kappa shape index (κ2) is 7.55. The highest BCUT2D eigenvalue weighted by Gasteiger charge is 2.33. The van der Waals surface area contributed by atoms with Crippen molar-refractivity contribution < 1.29 is 19.1 Å². The number of rotatable bonds is 5. The number of nitrogens with one attached hydrogen (secondary N) is 2. The Morgan fingerprint density at radius 1 is 1.32 bits per heavy atom. The minimum atomic E-state index is -0.425. The van der Waals surface area contributed by atoms with Crippen LogP contribution in [0.3, 0.4) is 0 Å². The molecule has 1 unspecified atom stereocenters. The summed E-state index contributed by atoms with van der Waals surface area (Å²) in [6.07, 6.45) is 2.55. The number of amides is 3. The molecule has 0 bridgehead atoms. The predicted octanol–water partition coefficient (Wildman–Crippen LogP) is 0.0172. The van der Waals surface area contributed by atoms with E-state index >= 15 is 0 Å². The van der Waals surface area contributed by atoms with E-state index in [1.807, 2.05) is 18.2 Å². The number of hydrogen-bond donors (Lipinski definition) is 2. The molecule has 3 amide bonds. The topological polar surface area (TPSA) is 87.7 Å². The van der Waals surface area contributed by atoms with Gasteiger partial charge < -0.3 is 20.3 Å². The summed E-state index contributed by atoms with van der Waals surface area (Å²) in [7, 11) is 1.56. The van der Waals surface area contributed by atoms with Crippen LogP contribution in [0.2, 0.25) is 0 Å². The molecule has 0 aliphatic carbocycles. The van der Waals surface area contributed by atoms with Crippen LogP contribution in [0.25, 0.3) is 0 Å². The van der Waals surface area contributed by atoms with Crippen molar-refractivity contribution in [3.8, 4) is 5.75 Å². The van der Waals surface area contributed by atoms with Gasteiger partial charge >= 0.3 is 0 Å². The van der Waals surface area contributed by atoms with Gasteiger partial charge in [-0.2, -0.15) is 0 Å². The highest BCUT2D eigenvalue weighted by molar-refractivity contribution is 5.90. The second-order valence-corrected chi connectivity index (χ2v) is 6.35. The van der Waals surface area contributed by atoms with Crippen LogP contribution in [0.1, 0.15) is 24.0 Å². The summed E-state index contributed by atoms with van der Waals surface area (Å²) in [5, 5.41) is 5.24. The second-order valence-electron chi connectivity index (χ2n) is 6.35. The third-order valence-corrected chi connectivity index (χ3v) is 4.68. The molecule has 2 heterocycles. The van der Waals surface area contributed by atoms with E-state index in [4.69, 9.17) is 4.74 Å². The maximum atomic E-state index is 12.3. The highest BCUT2D eigenvalue weighted by atomic mass is 16.5. The van der Waals surface area contributed by atoms with E-state index in [9.17, 15) is 14.4 Å². The van der Waals surface area contributed by atoms with E-state index in [0.29, 0.717) is 19.6 Å². The Labute approximate surface area is 146 Å². The normalized spacial score (nSPS) is 18.4. The van der Waals surface area contributed by atoms with Crippen molar-refractivity contribution in [1.82, 2.24) is 15.5 Å². The monoisotopic (exact) mass is 345 g/mol. The fraction of sp³-hybridized carbons (Fsp3) is 0.500. The standard InChI is InChI=1S/C18H23N3O4/c1-19-18(24)14-3-2-7-21(14)17(23)11-20-16(22)10-12-4-5-15-13(9-12)6-8-25-15/h4-5,9,14H,2-3,6-8,10-11H2,1H3,(H,19,24)(H,20,22). The zero-order valence-corrected chi connectivity index (χ0v) is 14.3. The van der Waals surface area contributed by atoms with Crippen LogP contribution in [-0.2, 0) is 27.2 Å². The summed E-state index contributed by atoms with van der Waals surface area (Å²) in [6.45, 7) is 1.15. The quantitative estimate of drug-likeness (QED) is 0.787. The van der Waals surface area contributed by atoms with Gasteiger partial charge in [0.1, 0.15) is 11.8 Å². The van der Waals surface area contributed by atoms with Gasteiger partial charge in [-0.1, -0.05) is 12.1 Å². The van der Waals surface area contributed by atoms with Gasteiger partial charge in [-0.05, 0) is 30.0 Å². The van der Waals surface area contributed by atoms with Gasteiger partial charge in [-0.25, -0.2) is 0 Å². The maximum Gasteiger partial charge on any atom is 0.242 e. The molecule has 2 aliphatic rings. The maximum absolute atomic E-state index is 12.3. The predicted molar refractivity (Wildman–Crippen MR) is 91.2 cm³/mol. The molecule has 1 aromatic carbocycles. The molecule has 0 saturated carbocycles. The number of likely N-dealkylation sites (N-methyl/N-ethyl adjacent to an activating group) is 1. The number of carbonyl (C=O) groups excluding carboxylic acids is 3. The van der Waals surface area contributed by atoms with Crippen molar-refractivity contribution in [2.24, 2.45) is 0 Å². The minimum absolute atomic E-state index is 0.0830. The average Bonchev–Trinajstić information content (AvgIpc) is 3.27. The lowest BCUT2D eigenvalue weighted by molar-refractivity contribution is -0.138. The summed E-state index contributed by atoms with van der Waals surface area (Å²) in [5.41, 5.74) is 2.02. The molecule has 2 aliphatic heterocycles. The molecule has 1 aromatic rings. The summed E-state index contributed by atoms with van der Waals surface area (Å²) >= 11 is 0. The third-order valence-electron chi connectivity index (χ3n) is 4.68. The zero-order valence-electron chi connectivity index (χ0n) is 14.3. The molecule has 1 fully saturated rings. The first kappa shape index (κ1) is 17.3. The third kappa shape index (κ3) is 3.92. The van der Waals surface area contributed by atoms with E-state index in [1.165, 1.54) is 0 Å². The van der Waals surface area contributed by atoms with Crippen molar-refractivity contribution in [2.75, 3.05) is 26.7 Å². The summed E-state index contributed by atoms with van der Waals surface area (Å²) in [6, 6.07) is 5.31. The number of ether oxygens (including phenoxy) is 1. The van der Waals surface area contributed by atoms with Gasteiger partial charge in [0.2, 0.25) is 17.7 Å². The lowest BCUT2D eigenvalue weighted by Gasteiger charge is -2.23. The molecule has 7 heteroatoms.